The van der Waals surface area contributed by atoms with Crippen molar-refractivity contribution in [3.8, 4) is 0 Å². The maximum Gasteiger partial charge on any atom is 0.256 e. The Hall–Kier alpha value is -2.08. The monoisotopic (exact) mass is 465 g/mol. The molecular formula is C27H33N2OS2+. The third-order valence-corrected chi connectivity index (χ3v) is 8.46. The Morgan fingerprint density at radius 3 is 2.44 bits per heavy atom. The lowest BCUT2D eigenvalue weighted by Gasteiger charge is -2.34. The first-order valence-electron chi connectivity index (χ1n) is 11.6. The Labute approximate surface area is 200 Å². The number of nitrogens with one attached hydrogen (secondary N) is 2. The summed E-state index contributed by atoms with van der Waals surface area (Å²) < 4.78 is 0. The van der Waals surface area contributed by atoms with Crippen LogP contribution in [0.3, 0.4) is 0 Å². The molecule has 0 radical (unpaired) electrons. The van der Waals surface area contributed by atoms with Gasteiger partial charge < -0.3 is 10.2 Å². The second kappa shape index (κ2) is 10.7. The molecule has 3 aromatic rings. The second-order valence-electron chi connectivity index (χ2n) is 8.72. The highest BCUT2D eigenvalue weighted by molar-refractivity contribution is 7.98. The quantitative estimate of drug-likeness (QED) is 0.440. The lowest BCUT2D eigenvalue weighted by atomic mass is 9.92. The molecule has 0 aliphatic carbocycles. The molecule has 4 rings (SSSR count). The molecule has 2 heterocycles. The molecule has 1 saturated heterocycles. The summed E-state index contributed by atoms with van der Waals surface area (Å²) in [5.74, 6) is 0.763. The van der Waals surface area contributed by atoms with Crippen LogP contribution in [-0.2, 0) is 6.42 Å². The van der Waals surface area contributed by atoms with Crippen molar-refractivity contribution in [1.82, 2.24) is 0 Å². The maximum absolute atomic E-state index is 13.0. The predicted octanol–water partition coefficient (Wildman–Crippen LogP) is 5.69. The van der Waals surface area contributed by atoms with Crippen molar-refractivity contribution in [2.45, 2.75) is 44.0 Å². The zero-order valence-electron chi connectivity index (χ0n) is 19.2. The van der Waals surface area contributed by atoms with E-state index in [-0.39, 0.29) is 11.9 Å². The molecule has 2 aromatic carbocycles. The van der Waals surface area contributed by atoms with E-state index in [9.17, 15) is 4.79 Å². The average molecular weight is 466 g/mol. The first kappa shape index (κ1) is 23.1. The van der Waals surface area contributed by atoms with Gasteiger partial charge >= 0.3 is 0 Å². The molecule has 1 fully saturated rings. The van der Waals surface area contributed by atoms with Crippen LogP contribution in [0.15, 0.2) is 65.6 Å². The molecule has 0 saturated carbocycles. The van der Waals surface area contributed by atoms with Gasteiger partial charge in [0.2, 0.25) is 0 Å². The van der Waals surface area contributed by atoms with Gasteiger partial charge in [0.1, 0.15) is 11.0 Å². The molecule has 2 N–H and O–H groups in total. The molecule has 5 heteroatoms. The number of carbonyl (C=O) groups is 1. The lowest BCUT2D eigenvalue weighted by molar-refractivity contribution is -0.931. The largest absolute Gasteiger partial charge is 0.325 e. The number of hydrogen-bond acceptors (Lipinski definition) is 3. The molecule has 1 aliphatic heterocycles. The van der Waals surface area contributed by atoms with Crippen LogP contribution in [0, 0.1) is 5.92 Å². The molecule has 168 valence electrons. The van der Waals surface area contributed by atoms with E-state index < -0.39 is 0 Å². The molecule has 1 atom stereocenters. The maximum atomic E-state index is 13.0. The summed E-state index contributed by atoms with van der Waals surface area (Å²) in [5.41, 5.74) is 3.30. The van der Waals surface area contributed by atoms with Crippen molar-refractivity contribution < 1.29 is 9.69 Å². The van der Waals surface area contributed by atoms with Gasteiger partial charge in [-0.2, -0.15) is 0 Å². The van der Waals surface area contributed by atoms with Crippen molar-refractivity contribution in [1.29, 1.82) is 0 Å². The standard InChI is InChI=1S/C27H32N2OS2/c1-4-22-18-24(27(32-22)28-26(30)21-8-6-5-7-9-21)25(29-16-14-19(2)15-17-29)20-10-12-23(31-3)13-11-20/h5-13,18-19,25H,4,14-17H2,1-3H3,(H,28,30)/p+1/t25-/m1/s1. The highest BCUT2D eigenvalue weighted by Crippen LogP contribution is 2.36. The van der Waals surface area contributed by atoms with Crippen LogP contribution < -0.4 is 10.2 Å². The van der Waals surface area contributed by atoms with Gasteiger partial charge in [0, 0.05) is 26.5 Å². The Bertz CT molecular complexity index is 1020. The van der Waals surface area contributed by atoms with Crippen LogP contribution in [0.2, 0.25) is 0 Å². The molecule has 0 bridgehead atoms. The Balaban J connectivity index is 1.72. The number of carbonyl (C=O) groups excluding carboxylic acids is 1. The summed E-state index contributed by atoms with van der Waals surface area (Å²) in [6, 6.07) is 21.1. The van der Waals surface area contributed by atoms with Gasteiger partial charge in [-0.1, -0.05) is 44.2 Å². The first-order chi connectivity index (χ1) is 15.6. The summed E-state index contributed by atoms with van der Waals surface area (Å²) in [4.78, 5) is 17.2. The smallest absolute Gasteiger partial charge is 0.256 e. The number of aryl methyl sites for hydroxylation is 1. The van der Waals surface area contributed by atoms with Crippen molar-refractivity contribution in [3.63, 3.8) is 0 Å². The normalized spacial score (nSPS) is 19.5. The molecule has 1 aromatic heterocycles. The fraction of sp³-hybridized carbons (Fsp3) is 0.370. The summed E-state index contributed by atoms with van der Waals surface area (Å²) in [7, 11) is 0. The van der Waals surface area contributed by atoms with Crippen LogP contribution >= 0.6 is 23.1 Å². The zero-order valence-corrected chi connectivity index (χ0v) is 20.8. The van der Waals surface area contributed by atoms with Crippen LogP contribution in [0.4, 0.5) is 5.00 Å². The van der Waals surface area contributed by atoms with Crippen LogP contribution in [-0.4, -0.2) is 25.3 Å². The predicted molar refractivity (Wildman–Crippen MR) is 137 cm³/mol. The number of amides is 1. The van der Waals surface area contributed by atoms with Crippen LogP contribution in [0.1, 0.15) is 59.1 Å². The fourth-order valence-electron chi connectivity index (χ4n) is 4.56. The summed E-state index contributed by atoms with van der Waals surface area (Å²) in [5, 5.41) is 4.27. The number of likely N-dealkylation sites (tertiary alicyclic amines) is 1. The van der Waals surface area contributed by atoms with Gasteiger partial charge in [-0.3, -0.25) is 4.79 Å². The third-order valence-electron chi connectivity index (χ3n) is 6.51. The summed E-state index contributed by atoms with van der Waals surface area (Å²) in [6.07, 6.45) is 5.60. The minimum Gasteiger partial charge on any atom is -0.325 e. The molecule has 0 unspecified atom stereocenters. The lowest BCUT2D eigenvalue weighted by Crippen LogP contribution is -3.13. The number of benzene rings is 2. The van der Waals surface area contributed by atoms with Gasteiger partial charge in [0.05, 0.1) is 13.1 Å². The highest BCUT2D eigenvalue weighted by Gasteiger charge is 2.33. The SMILES string of the molecule is CCc1cc([C@@H](c2ccc(SC)cc2)[NH+]2CCC(C)CC2)c(NC(=O)c2ccccc2)s1. The van der Waals surface area contributed by atoms with Gasteiger partial charge in [0.25, 0.3) is 5.91 Å². The fourth-order valence-corrected chi connectivity index (χ4v) is 6.00. The van der Waals surface area contributed by atoms with Gasteiger partial charge in [-0.05, 0) is 61.8 Å². The number of thioether (sulfide) groups is 1. The topological polar surface area (TPSA) is 33.5 Å². The molecular weight excluding hydrogens is 432 g/mol. The van der Waals surface area contributed by atoms with E-state index >= 15 is 0 Å². The molecule has 32 heavy (non-hydrogen) atoms. The minimum atomic E-state index is -0.0323. The molecule has 1 aliphatic rings. The molecule has 0 spiro atoms. The number of piperidine rings is 1. The number of rotatable bonds is 7. The number of thiophene rings is 1. The van der Waals surface area contributed by atoms with Gasteiger partial charge in [-0.25, -0.2) is 0 Å². The van der Waals surface area contributed by atoms with E-state index in [1.807, 2.05) is 30.3 Å². The highest BCUT2D eigenvalue weighted by atomic mass is 32.2. The number of anilines is 1. The van der Waals surface area contributed by atoms with Gasteiger partial charge in [-0.15, -0.1) is 23.1 Å². The number of quaternary nitrogens is 1. The average Bonchev–Trinajstić information content (AvgIpc) is 3.23. The zero-order chi connectivity index (χ0) is 22.5. The van der Waals surface area contributed by atoms with Gasteiger partial charge in [0.15, 0.2) is 0 Å². The third kappa shape index (κ3) is 5.28. The minimum absolute atomic E-state index is 0.0323. The van der Waals surface area contributed by atoms with Crippen molar-refractivity contribution in [2.75, 3.05) is 24.7 Å². The summed E-state index contributed by atoms with van der Waals surface area (Å²) in [6.45, 7) is 6.89. The van der Waals surface area contributed by atoms with E-state index in [0.717, 1.165) is 17.3 Å². The van der Waals surface area contributed by atoms with E-state index in [2.05, 4.69) is 55.8 Å². The number of hydrogen-bond donors (Lipinski definition) is 2. The molecule has 1 amide bonds. The Kier molecular flexibility index (Phi) is 7.71. The second-order valence-corrected chi connectivity index (χ2v) is 10.7. The van der Waals surface area contributed by atoms with E-state index in [0.29, 0.717) is 5.56 Å². The van der Waals surface area contributed by atoms with Crippen LogP contribution in [0.5, 0.6) is 0 Å². The van der Waals surface area contributed by atoms with Crippen molar-refractivity contribution >= 4 is 34.0 Å². The van der Waals surface area contributed by atoms with Crippen LogP contribution in [0.25, 0.3) is 0 Å². The van der Waals surface area contributed by atoms with E-state index in [1.54, 1.807) is 28.0 Å². The van der Waals surface area contributed by atoms with E-state index in [1.165, 1.54) is 46.8 Å². The molecule has 3 nitrogen and oxygen atoms in total. The van der Waals surface area contributed by atoms with Crippen molar-refractivity contribution in [3.05, 3.63) is 82.2 Å². The summed E-state index contributed by atoms with van der Waals surface area (Å²) >= 11 is 3.50. The first-order valence-corrected chi connectivity index (χ1v) is 13.6. The Morgan fingerprint density at radius 2 is 1.81 bits per heavy atom. The Morgan fingerprint density at radius 1 is 1.12 bits per heavy atom. The van der Waals surface area contributed by atoms with Crippen molar-refractivity contribution in [2.24, 2.45) is 5.92 Å². The van der Waals surface area contributed by atoms with E-state index in [4.69, 9.17) is 0 Å².